The minimum Gasteiger partial charge on any atom is -0.497 e. The molecule has 1 unspecified atom stereocenters. The summed E-state index contributed by atoms with van der Waals surface area (Å²) in [5.41, 5.74) is 2.76. The Kier molecular flexibility index (Phi) is 4.57. The second-order valence-electron chi connectivity index (χ2n) is 6.36. The molecule has 1 saturated heterocycles. The number of aromatic nitrogens is 1. The van der Waals surface area contributed by atoms with Crippen LogP contribution >= 0.6 is 0 Å². The molecule has 1 aliphatic rings. The molecule has 2 aromatic carbocycles. The van der Waals surface area contributed by atoms with E-state index in [4.69, 9.17) is 13.9 Å². The Morgan fingerprint density at radius 1 is 1.16 bits per heavy atom. The summed E-state index contributed by atoms with van der Waals surface area (Å²) in [5.74, 6) is 2.83. The van der Waals surface area contributed by atoms with Crippen LogP contribution in [-0.4, -0.2) is 25.2 Å². The SMILES string of the molecule is COc1ccc(COc2ccc3oc(C4CCCNC4)nc3c2)cc1. The molecular weight excluding hydrogens is 316 g/mol. The number of benzene rings is 2. The predicted octanol–water partition coefficient (Wildman–Crippen LogP) is 3.88. The fraction of sp³-hybridized carbons (Fsp3) is 0.350. The lowest BCUT2D eigenvalue weighted by Crippen LogP contribution is -2.28. The van der Waals surface area contributed by atoms with Crippen LogP contribution < -0.4 is 14.8 Å². The number of nitrogens with one attached hydrogen (secondary N) is 1. The highest BCUT2D eigenvalue weighted by Crippen LogP contribution is 2.28. The Balaban J connectivity index is 1.46. The number of rotatable bonds is 5. The highest BCUT2D eigenvalue weighted by atomic mass is 16.5. The predicted molar refractivity (Wildman–Crippen MR) is 96.2 cm³/mol. The van der Waals surface area contributed by atoms with Crippen molar-refractivity contribution in [3.8, 4) is 11.5 Å². The van der Waals surface area contributed by atoms with Crippen LogP contribution in [0.4, 0.5) is 0 Å². The summed E-state index contributed by atoms with van der Waals surface area (Å²) in [7, 11) is 1.66. The third-order valence-electron chi connectivity index (χ3n) is 4.59. The van der Waals surface area contributed by atoms with Gasteiger partial charge in [0.2, 0.25) is 0 Å². The number of methoxy groups -OCH3 is 1. The molecule has 5 heteroatoms. The van der Waals surface area contributed by atoms with Gasteiger partial charge in [-0.05, 0) is 49.2 Å². The molecule has 1 atom stereocenters. The molecule has 1 aromatic heterocycles. The number of oxazole rings is 1. The molecule has 0 radical (unpaired) electrons. The third-order valence-corrected chi connectivity index (χ3v) is 4.59. The van der Waals surface area contributed by atoms with Crippen molar-refractivity contribution in [2.75, 3.05) is 20.2 Å². The normalized spacial score (nSPS) is 17.6. The Morgan fingerprint density at radius 2 is 2.00 bits per heavy atom. The minimum absolute atomic E-state index is 0.366. The van der Waals surface area contributed by atoms with E-state index in [9.17, 15) is 0 Å². The molecule has 0 saturated carbocycles. The first-order chi connectivity index (χ1) is 12.3. The molecule has 0 aliphatic carbocycles. The fourth-order valence-corrected chi connectivity index (χ4v) is 3.14. The summed E-state index contributed by atoms with van der Waals surface area (Å²) in [5, 5.41) is 3.40. The summed E-state index contributed by atoms with van der Waals surface area (Å²) in [6, 6.07) is 13.7. The monoisotopic (exact) mass is 338 g/mol. The van der Waals surface area contributed by atoms with E-state index in [1.54, 1.807) is 7.11 Å². The summed E-state index contributed by atoms with van der Waals surface area (Å²) < 4.78 is 17.0. The molecule has 5 nitrogen and oxygen atoms in total. The van der Waals surface area contributed by atoms with E-state index in [1.165, 1.54) is 6.42 Å². The first-order valence-electron chi connectivity index (χ1n) is 8.69. The fourth-order valence-electron chi connectivity index (χ4n) is 3.14. The Bertz CT molecular complexity index is 836. The highest BCUT2D eigenvalue weighted by molar-refractivity contribution is 5.74. The number of hydrogen-bond acceptors (Lipinski definition) is 5. The van der Waals surface area contributed by atoms with Crippen LogP contribution in [0.25, 0.3) is 11.1 Å². The van der Waals surface area contributed by atoms with E-state index >= 15 is 0 Å². The van der Waals surface area contributed by atoms with Gasteiger partial charge in [0, 0.05) is 18.5 Å². The lowest BCUT2D eigenvalue weighted by Gasteiger charge is -2.19. The molecule has 1 N–H and O–H groups in total. The van der Waals surface area contributed by atoms with Gasteiger partial charge in [0.1, 0.15) is 23.6 Å². The van der Waals surface area contributed by atoms with Gasteiger partial charge in [0.15, 0.2) is 11.5 Å². The van der Waals surface area contributed by atoms with E-state index in [-0.39, 0.29) is 0 Å². The van der Waals surface area contributed by atoms with Gasteiger partial charge >= 0.3 is 0 Å². The number of piperidine rings is 1. The Labute approximate surface area is 147 Å². The zero-order valence-corrected chi connectivity index (χ0v) is 14.3. The Morgan fingerprint density at radius 3 is 2.76 bits per heavy atom. The van der Waals surface area contributed by atoms with Gasteiger partial charge in [-0.2, -0.15) is 0 Å². The van der Waals surface area contributed by atoms with E-state index in [0.29, 0.717) is 12.5 Å². The lowest BCUT2D eigenvalue weighted by atomic mass is 10.00. The zero-order chi connectivity index (χ0) is 17.1. The van der Waals surface area contributed by atoms with Crippen LogP contribution in [-0.2, 0) is 6.61 Å². The molecule has 1 aliphatic heterocycles. The van der Waals surface area contributed by atoms with E-state index in [2.05, 4.69) is 10.3 Å². The van der Waals surface area contributed by atoms with Gasteiger partial charge in [0.05, 0.1) is 7.11 Å². The van der Waals surface area contributed by atoms with E-state index in [1.807, 2.05) is 42.5 Å². The van der Waals surface area contributed by atoms with Crippen molar-refractivity contribution in [1.29, 1.82) is 0 Å². The van der Waals surface area contributed by atoms with Crippen LogP contribution in [0.2, 0.25) is 0 Å². The zero-order valence-electron chi connectivity index (χ0n) is 14.3. The van der Waals surface area contributed by atoms with Crippen molar-refractivity contribution in [3.63, 3.8) is 0 Å². The van der Waals surface area contributed by atoms with Crippen LogP contribution in [0.15, 0.2) is 46.9 Å². The molecular formula is C20H22N2O3. The summed E-state index contributed by atoms with van der Waals surface area (Å²) >= 11 is 0. The molecule has 0 amide bonds. The van der Waals surface area contributed by atoms with Gasteiger partial charge in [-0.15, -0.1) is 0 Å². The topological polar surface area (TPSA) is 56.5 Å². The first-order valence-corrected chi connectivity index (χ1v) is 8.69. The van der Waals surface area contributed by atoms with Crippen molar-refractivity contribution in [2.45, 2.75) is 25.4 Å². The smallest absolute Gasteiger partial charge is 0.199 e. The standard InChI is InChI=1S/C20H22N2O3/c1-23-16-6-4-14(5-7-16)13-24-17-8-9-19-18(11-17)22-20(25-19)15-3-2-10-21-12-15/h4-9,11,15,21H,2-3,10,12-13H2,1H3. The van der Waals surface area contributed by atoms with Crippen LogP contribution in [0.1, 0.15) is 30.2 Å². The molecule has 130 valence electrons. The number of nitrogens with zero attached hydrogens (tertiary/aromatic N) is 1. The molecule has 0 bridgehead atoms. The number of ether oxygens (including phenoxy) is 2. The molecule has 4 rings (SSSR count). The van der Waals surface area contributed by atoms with Gasteiger partial charge in [0.25, 0.3) is 0 Å². The number of fused-ring (bicyclic) bond motifs is 1. The van der Waals surface area contributed by atoms with Crippen LogP contribution in [0, 0.1) is 0 Å². The third kappa shape index (κ3) is 3.61. The Hall–Kier alpha value is -2.53. The first kappa shape index (κ1) is 16.0. The highest BCUT2D eigenvalue weighted by Gasteiger charge is 2.20. The van der Waals surface area contributed by atoms with Gasteiger partial charge in [-0.25, -0.2) is 4.98 Å². The second-order valence-corrected chi connectivity index (χ2v) is 6.36. The van der Waals surface area contributed by atoms with Crippen molar-refractivity contribution >= 4 is 11.1 Å². The summed E-state index contributed by atoms with van der Waals surface area (Å²) in [6.07, 6.45) is 2.29. The lowest BCUT2D eigenvalue weighted by molar-refractivity contribution is 0.306. The van der Waals surface area contributed by atoms with Crippen molar-refractivity contribution < 1.29 is 13.9 Å². The average Bonchev–Trinajstić information content (AvgIpc) is 3.11. The average molecular weight is 338 g/mol. The largest absolute Gasteiger partial charge is 0.497 e. The maximum atomic E-state index is 5.93. The van der Waals surface area contributed by atoms with E-state index < -0.39 is 0 Å². The number of hydrogen-bond donors (Lipinski definition) is 1. The maximum Gasteiger partial charge on any atom is 0.199 e. The molecule has 3 aromatic rings. The van der Waals surface area contributed by atoms with Crippen LogP contribution in [0.3, 0.4) is 0 Å². The van der Waals surface area contributed by atoms with Crippen molar-refractivity contribution in [3.05, 3.63) is 53.9 Å². The second kappa shape index (κ2) is 7.15. The van der Waals surface area contributed by atoms with Crippen molar-refractivity contribution in [2.24, 2.45) is 0 Å². The quantitative estimate of drug-likeness (QED) is 0.765. The summed E-state index contributed by atoms with van der Waals surface area (Å²) in [6.45, 7) is 2.53. The van der Waals surface area contributed by atoms with Gasteiger partial charge in [-0.3, -0.25) is 0 Å². The molecule has 1 fully saturated rings. The summed E-state index contributed by atoms with van der Waals surface area (Å²) in [4.78, 5) is 4.67. The van der Waals surface area contributed by atoms with Gasteiger partial charge < -0.3 is 19.2 Å². The van der Waals surface area contributed by atoms with Crippen LogP contribution in [0.5, 0.6) is 11.5 Å². The molecule has 0 spiro atoms. The minimum atomic E-state index is 0.366. The van der Waals surface area contributed by atoms with Gasteiger partial charge in [-0.1, -0.05) is 12.1 Å². The molecule has 25 heavy (non-hydrogen) atoms. The maximum absolute atomic E-state index is 5.93. The molecule has 2 heterocycles. The van der Waals surface area contributed by atoms with Crippen molar-refractivity contribution in [1.82, 2.24) is 10.3 Å². The van der Waals surface area contributed by atoms with E-state index in [0.717, 1.165) is 53.6 Å².